The number of thiazole rings is 1. The van der Waals surface area contributed by atoms with Crippen LogP contribution in [0.4, 0.5) is 0 Å². The summed E-state index contributed by atoms with van der Waals surface area (Å²) >= 11 is 1.77. The predicted molar refractivity (Wildman–Crippen MR) is 125 cm³/mol. The Labute approximate surface area is 192 Å². The highest BCUT2D eigenvalue weighted by Gasteiger charge is 2.19. The Hall–Kier alpha value is -2.38. The second-order valence-corrected chi connectivity index (χ2v) is 10.3. The number of hydrogen-bond donors (Lipinski definition) is 0. The fourth-order valence-corrected chi connectivity index (χ4v) is 5.95. The van der Waals surface area contributed by atoms with E-state index in [0.29, 0.717) is 43.8 Å². The number of methoxy groups -OCH3 is 1. The molecular formula is C22H21N3O3S3. The molecule has 1 unspecified atom stereocenters. The third-order valence-corrected chi connectivity index (χ3v) is 8.03. The van der Waals surface area contributed by atoms with E-state index in [1.165, 1.54) is 30.2 Å². The van der Waals surface area contributed by atoms with Crippen molar-refractivity contribution >= 4 is 40.2 Å². The van der Waals surface area contributed by atoms with Gasteiger partial charge in [-0.25, -0.2) is 14.8 Å². The van der Waals surface area contributed by atoms with E-state index >= 15 is 0 Å². The second kappa shape index (κ2) is 11.3. The maximum absolute atomic E-state index is 12.3. The van der Waals surface area contributed by atoms with Gasteiger partial charge >= 0.3 is 5.97 Å². The van der Waals surface area contributed by atoms with Crippen molar-refractivity contribution in [3.63, 3.8) is 0 Å². The fraction of sp³-hybridized carbons (Fsp3) is 0.273. The van der Waals surface area contributed by atoms with Crippen LogP contribution in [0.1, 0.15) is 35.7 Å². The minimum Gasteiger partial charge on any atom is -0.616 e. The van der Waals surface area contributed by atoms with Crippen molar-refractivity contribution in [2.45, 2.75) is 24.8 Å². The maximum Gasteiger partial charge on any atom is 0.337 e. The van der Waals surface area contributed by atoms with Crippen LogP contribution in [0, 0.1) is 11.3 Å². The van der Waals surface area contributed by atoms with Crippen LogP contribution >= 0.6 is 23.1 Å². The Morgan fingerprint density at radius 2 is 2.23 bits per heavy atom. The molecular weight excluding hydrogens is 450 g/mol. The lowest BCUT2D eigenvalue weighted by Crippen LogP contribution is -2.09. The van der Waals surface area contributed by atoms with Crippen LogP contribution in [0.3, 0.4) is 0 Å². The molecule has 0 spiro atoms. The molecule has 0 radical (unpaired) electrons. The first-order valence-corrected chi connectivity index (χ1v) is 12.9. The van der Waals surface area contributed by atoms with E-state index in [1.807, 2.05) is 17.5 Å². The maximum atomic E-state index is 12.3. The van der Waals surface area contributed by atoms with Crippen molar-refractivity contribution in [3.05, 3.63) is 53.0 Å². The molecule has 6 nitrogen and oxygen atoms in total. The van der Waals surface area contributed by atoms with Crippen LogP contribution in [0.25, 0.3) is 21.8 Å². The van der Waals surface area contributed by atoms with Crippen molar-refractivity contribution in [2.24, 2.45) is 0 Å². The predicted octanol–water partition coefficient (Wildman–Crippen LogP) is 5.13. The van der Waals surface area contributed by atoms with Gasteiger partial charge in [-0.1, -0.05) is 37.2 Å². The average Bonchev–Trinajstić information content (AvgIpc) is 3.35. The molecule has 2 heterocycles. The van der Waals surface area contributed by atoms with E-state index in [0.717, 1.165) is 17.8 Å². The molecule has 3 rings (SSSR count). The normalized spacial score (nSPS) is 11.7. The number of ether oxygens (including phenoxy) is 1. The van der Waals surface area contributed by atoms with Gasteiger partial charge in [0.25, 0.3) is 0 Å². The smallest absolute Gasteiger partial charge is 0.337 e. The highest BCUT2D eigenvalue weighted by Crippen LogP contribution is 2.35. The molecule has 0 bridgehead atoms. The molecule has 3 aromatic rings. The molecule has 31 heavy (non-hydrogen) atoms. The molecule has 0 saturated heterocycles. The van der Waals surface area contributed by atoms with E-state index in [9.17, 15) is 14.6 Å². The van der Waals surface area contributed by atoms with Crippen LogP contribution in [-0.2, 0) is 15.9 Å². The average molecular weight is 472 g/mol. The van der Waals surface area contributed by atoms with E-state index < -0.39 is 17.1 Å². The number of carbonyl (C=O) groups excluding carboxylic acids is 1. The lowest BCUT2D eigenvalue weighted by molar-refractivity contribution is 0.0601. The lowest BCUT2D eigenvalue weighted by Gasteiger charge is -2.13. The summed E-state index contributed by atoms with van der Waals surface area (Å²) in [6, 6.07) is 11.0. The number of thioether (sulfide) groups is 1. The minimum absolute atomic E-state index is 0.366. The molecule has 160 valence electrons. The molecule has 0 aliphatic rings. The number of pyridine rings is 1. The van der Waals surface area contributed by atoms with E-state index in [4.69, 9.17) is 4.74 Å². The highest BCUT2D eigenvalue weighted by molar-refractivity contribution is 8.12. The molecule has 1 aromatic carbocycles. The van der Waals surface area contributed by atoms with E-state index in [2.05, 4.69) is 23.0 Å². The molecule has 0 aliphatic carbocycles. The monoisotopic (exact) mass is 471 g/mol. The fourth-order valence-electron chi connectivity index (χ4n) is 2.84. The molecule has 1 atom stereocenters. The first kappa shape index (κ1) is 23.3. The minimum atomic E-state index is -0.997. The van der Waals surface area contributed by atoms with Gasteiger partial charge in [0.1, 0.15) is 27.5 Å². The number of unbranched alkanes of at least 4 members (excludes halogenated alkanes) is 1. The highest BCUT2D eigenvalue weighted by atomic mass is 32.3. The van der Waals surface area contributed by atoms with Gasteiger partial charge in [0.15, 0.2) is 5.08 Å². The van der Waals surface area contributed by atoms with E-state index in [-0.39, 0.29) is 0 Å². The molecule has 0 saturated carbocycles. The number of hydrogen-bond acceptors (Lipinski definition) is 8. The lowest BCUT2D eigenvalue weighted by atomic mass is 9.99. The molecule has 0 fully saturated rings. The van der Waals surface area contributed by atoms with Crippen LogP contribution in [0.5, 0.6) is 0 Å². The first-order valence-electron chi connectivity index (χ1n) is 9.58. The number of rotatable bonds is 9. The summed E-state index contributed by atoms with van der Waals surface area (Å²) in [5, 5.41) is 13.4. The summed E-state index contributed by atoms with van der Waals surface area (Å²) < 4.78 is 17.1. The summed E-state index contributed by atoms with van der Waals surface area (Å²) in [6.07, 6.45) is 3.58. The third kappa shape index (κ3) is 5.86. The van der Waals surface area contributed by atoms with Gasteiger partial charge in [-0.15, -0.1) is 11.3 Å². The van der Waals surface area contributed by atoms with Gasteiger partial charge in [-0.05, 0) is 41.4 Å². The molecule has 2 aromatic heterocycles. The van der Waals surface area contributed by atoms with Gasteiger partial charge < -0.3 is 9.29 Å². The molecule has 0 N–H and O–H groups in total. The van der Waals surface area contributed by atoms with Gasteiger partial charge in [0.05, 0.1) is 18.2 Å². The molecule has 0 amide bonds. The number of nitrogens with zero attached hydrogens (tertiary/aromatic N) is 3. The van der Waals surface area contributed by atoms with E-state index in [1.54, 1.807) is 24.4 Å². The van der Waals surface area contributed by atoms with Gasteiger partial charge in [0, 0.05) is 17.1 Å². The number of esters is 1. The zero-order valence-corrected chi connectivity index (χ0v) is 19.6. The Kier molecular flexibility index (Phi) is 8.49. The summed E-state index contributed by atoms with van der Waals surface area (Å²) in [4.78, 5) is 21.0. The summed E-state index contributed by atoms with van der Waals surface area (Å²) in [5.74, 6) is 0.182. The standard InChI is InChI=1S/C22H21N3O3S3/c1-3-4-10-31(27)14-30-20-18(13-23)17(12-19(25-20)21-24-8-9-29-21)15-6-5-7-16(11-15)22(26)28-2/h5-9,11-12H,3-4,10,14H2,1-2H3. The van der Waals surface area contributed by atoms with Crippen molar-refractivity contribution < 1.29 is 14.1 Å². The van der Waals surface area contributed by atoms with Crippen molar-refractivity contribution in [2.75, 3.05) is 17.9 Å². The third-order valence-electron chi connectivity index (χ3n) is 4.40. The van der Waals surface area contributed by atoms with Crippen LogP contribution in [-0.4, -0.2) is 38.4 Å². The largest absolute Gasteiger partial charge is 0.616 e. The number of carbonyl (C=O) groups is 1. The summed E-state index contributed by atoms with van der Waals surface area (Å²) in [5.41, 5.74) is 2.77. The molecule has 0 aliphatic heterocycles. The Bertz CT molecular complexity index is 1080. The topological polar surface area (TPSA) is 98.9 Å². The zero-order valence-electron chi connectivity index (χ0n) is 17.2. The van der Waals surface area contributed by atoms with Gasteiger partial charge in [-0.3, -0.25) is 0 Å². The van der Waals surface area contributed by atoms with Crippen molar-refractivity contribution in [3.8, 4) is 27.9 Å². The zero-order chi connectivity index (χ0) is 22.2. The van der Waals surface area contributed by atoms with Crippen LogP contribution in [0.2, 0.25) is 0 Å². The van der Waals surface area contributed by atoms with Gasteiger partial charge in [0.2, 0.25) is 0 Å². The van der Waals surface area contributed by atoms with Crippen molar-refractivity contribution in [1.82, 2.24) is 9.97 Å². The van der Waals surface area contributed by atoms with Crippen LogP contribution in [0.15, 0.2) is 46.9 Å². The quantitative estimate of drug-likeness (QED) is 0.242. The van der Waals surface area contributed by atoms with Gasteiger partial charge in [-0.2, -0.15) is 5.26 Å². The first-order chi connectivity index (χ1) is 15.1. The number of nitriles is 1. The number of aromatic nitrogens is 2. The Morgan fingerprint density at radius 3 is 2.90 bits per heavy atom. The summed E-state index contributed by atoms with van der Waals surface area (Å²) in [7, 11) is 1.33. The molecule has 9 heteroatoms. The van der Waals surface area contributed by atoms with Crippen LogP contribution < -0.4 is 0 Å². The Morgan fingerprint density at radius 1 is 1.39 bits per heavy atom. The Balaban J connectivity index is 2.06. The van der Waals surface area contributed by atoms with Crippen molar-refractivity contribution in [1.29, 1.82) is 5.26 Å². The summed E-state index contributed by atoms with van der Waals surface area (Å²) in [6.45, 7) is 2.06. The number of benzene rings is 1. The second-order valence-electron chi connectivity index (χ2n) is 6.52. The SMILES string of the molecule is CCCC[S+]([O-])CSc1nc(-c2nccs2)cc(-c2cccc(C(=O)OC)c2)c1C#N.